The summed E-state index contributed by atoms with van der Waals surface area (Å²) in [5.74, 6) is 0. The minimum Gasteiger partial charge on any atom is -0.264 e. The molecule has 106 valence electrons. The Morgan fingerprint density at radius 3 is 2.57 bits per heavy atom. The Morgan fingerprint density at radius 2 is 1.86 bits per heavy atom. The largest absolute Gasteiger partial charge is 0.264 e. The molecule has 3 rings (SSSR count). The first-order chi connectivity index (χ1) is 10.0. The number of nitrogens with zero attached hydrogens (tertiary/aromatic N) is 1. The number of benzene rings is 1. The van der Waals surface area contributed by atoms with Gasteiger partial charge >= 0.3 is 0 Å². The number of aromatic nitrogens is 1. The van der Waals surface area contributed by atoms with Gasteiger partial charge in [0, 0.05) is 21.4 Å². The van der Waals surface area contributed by atoms with Crippen molar-refractivity contribution in [2.75, 3.05) is 0 Å². The molecule has 1 aliphatic carbocycles. The van der Waals surface area contributed by atoms with Crippen LogP contribution in [0, 0.1) is 0 Å². The van der Waals surface area contributed by atoms with Crippen LogP contribution in [-0.4, -0.2) is 8.41 Å². The van der Waals surface area contributed by atoms with Gasteiger partial charge in [-0.3, -0.25) is 4.98 Å². The topological polar surface area (TPSA) is 12.9 Å². The van der Waals surface area contributed by atoms with E-state index in [1.54, 1.807) is 0 Å². The van der Waals surface area contributed by atoms with Crippen LogP contribution in [0.2, 0.25) is 0 Å². The van der Waals surface area contributed by atoms with Gasteiger partial charge in [-0.05, 0) is 49.1 Å². The smallest absolute Gasteiger partial charge is 0.0418 e. The van der Waals surface area contributed by atoms with Crippen molar-refractivity contribution in [3.63, 3.8) is 0 Å². The van der Waals surface area contributed by atoms with Crippen molar-refractivity contribution in [1.82, 2.24) is 4.98 Å². The number of alkyl halides is 1. The number of halogens is 1. The monoisotopic (exact) mass is 387 g/mol. The van der Waals surface area contributed by atoms with E-state index in [1.807, 2.05) is 18.5 Å². The lowest BCUT2D eigenvalue weighted by atomic mass is 9.87. The second-order valence-electron chi connectivity index (χ2n) is 5.84. The summed E-state index contributed by atoms with van der Waals surface area (Å²) >= 11 is 2.54. The summed E-state index contributed by atoms with van der Waals surface area (Å²) in [5, 5.41) is 0. The predicted octanol–water partition coefficient (Wildman–Crippen LogP) is 5.68. The molecule has 0 bridgehead atoms. The number of pyridine rings is 1. The van der Waals surface area contributed by atoms with Crippen molar-refractivity contribution in [3.8, 4) is 11.1 Å². The molecule has 0 saturated carbocycles. The summed E-state index contributed by atoms with van der Waals surface area (Å²) in [7, 11) is 0. The minimum atomic E-state index is 0.205. The predicted molar refractivity (Wildman–Crippen MR) is 98.4 cm³/mol. The van der Waals surface area contributed by atoms with Gasteiger partial charge in [-0.2, -0.15) is 0 Å². The SMILES string of the molecule is CC1=C[C@@](C)(I)CC(c2cccc(-c3cccnc3)c2)=C1. The van der Waals surface area contributed by atoms with E-state index in [0.717, 1.165) is 6.42 Å². The quantitative estimate of drug-likeness (QED) is 0.478. The molecule has 0 N–H and O–H groups in total. The minimum absolute atomic E-state index is 0.205. The van der Waals surface area contributed by atoms with Crippen molar-refractivity contribution >= 4 is 28.2 Å². The molecule has 0 aliphatic heterocycles. The Hall–Kier alpha value is -1.42. The van der Waals surface area contributed by atoms with Gasteiger partial charge < -0.3 is 0 Å². The number of hydrogen-bond donors (Lipinski definition) is 0. The average Bonchev–Trinajstić information content (AvgIpc) is 2.46. The maximum absolute atomic E-state index is 4.21. The van der Waals surface area contributed by atoms with Crippen LogP contribution in [0.25, 0.3) is 16.7 Å². The highest BCUT2D eigenvalue weighted by atomic mass is 127. The van der Waals surface area contributed by atoms with Gasteiger partial charge in [-0.1, -0.05) is 64.6 Å². The van der Waals surface area contributed by atoms with Gasteiger partial charge in [0.25, 0.3) is 0 Å². The molecule has 1 aliphatic rings. The van der Waals surface area contributed by atoms with Crippen molar-refractivity contribution < 1.29 is 0 Å². The highest BCUT2D eigenvalue weighted by molar-refractivity contribution is 14.1. The molecule has 1 heterocycles. The van der Waals surface area contributed by atoms with Crippen LogP contribution >= 0.6 is 22.6 Å². The zero-order chi connectivity index (χ0) is 14.9. The van der Waals surface area contributed by atoms with Gasteiger partial charge in [-0.15, -0.1) is 0 Å². The van der Waals surface area contributed by atoms with Gasteiger partial charge in [0.2, 0.25) is 0 Å². The fourth-order valence-electron chi connectivity index (χ4n) is 2.88. The third-order valence-electron chi connectivity index (χ3n) is 3.69. The molecule has 0 radical (unpaired) electrons. The highest BCUT2D eigenvalue weighted by Crippen LogP contribution is 2.38. The fraction of sp³-hybridized carbons (Fsp3) is 0.211. The molecule has 2 heteroatoms. The lowest BCUT2D eigenvalue weighted by Gasteiger charge is -2.26. The second kappa shape index (κ2) is 5.76. The Bertz CT molecular complexity index is 711. The molecule has 1 atom stereocenters. The van der Waals surface area contributed by atoms with Crippen LogP contribution in [0.5, 0.6) is 0 Å². The molecule has 1 nitrogen and oxygen atoms in total. The molecule has 2 aromatic rings. The van der Waals surface area contributed by atoms with Crippen molar-refractivity contribution in [1.29, 1.82) is 0 Å². The van der Waals surface area contributed by atoms with E-state index >= 15 is 0 Å². The van der Waals surface area contributed by atoms with Crippen LogP contribution in [0.4, 0.5) is 0 Å². The third-order valence-corrected chi connectivity index (χ3v) is 4.39. The highest BCUT2D eigenvalue weighted by Gasteiger charge is 2.23. The molecule has 0 spiro atoms. The van der Waals surface area contributed by atoms with E-state index < -0.39 is 0 Å². The van der Waals surface area contributed by atoms with E-state index in [4.69, 9.17) is 0 Å². The van der Waals surface area contributed by atoms with Crippen LogP contribution < -0.4 is 0 Å². The number of hydrogen-bond acceptors (Lipinski definition) is 1. The van der Waals surface area contributed by atoms with E-state index in [0.29, 0.717) is 0 Å². The lowest BCUT2D eigenvalue weighted by Crippen LogP contribution is -2.16. The molecular formula is C19H18IN. The standard InChI is InChI=1S/C19H18IN/c1-14-9-18(12-19(2,20)11-14)16-6-3-5-15(10-16)17-7-4-8-21-13-17/h3-11,13H,12H2,1-2H3/t19-/m1/s1. The summed E-state index contributed by atoms with van der Waals surface area (Å²) < 4.78 is 0.205. The molecular weight excluding hydrogens is 369 g/mol. The molecule has 0 unspecified atom stereocenters. The molecule has 0 amide bonds. The number of allylic oxidation sites excluding steroid dienone is 4. The first-order valence-electron chi connectivity index (χ1n) is 7.13. The van der Waals surface area contributed by atoms with E-state index in [2.05, 4.69) is 83.9 Å². The zero-order valence-corrected chi connectivity index (χ0v) is 14.5. The van der Waals surface area contributed by atoms with Gasteiger partial charge in [0.05, 0.1) is 0 Å². The lowest BCUT2D eigenvalue weighted by molar-refractivity contribution is 0.840. The Morgan fingerprint density at radius 1 is 1.10 bits per heavy atom. The average molecular weight is 387 g/mol. The summed E-state index contributed by atoms with van der Waals surface area (Å²) in [5.41, 5.74) is 6.47. The Balaban J connectivity index is 2.00. The first-order valence-corrected chi connectivity index (χ1v) is 8.21. The maximum atomic E-state index is 4.21. The molecule has 1 aromatic heterocycles. The Labute approximate surface area is 140 Å². The third kappa shape index (κ3) is 3.43. The van der Waals surface area contributed by atoms with E-state index in [-0.39, 0.29) is 3.42 Å². The normalized spacial score (nSPS) is 21.7. The molecule has 0 fully saturated rings. The van der Waals surface area contributed by atoms with Crippen LogP contribution in [0.1, 0.15) is 25.8 Å². The summed E-state index contributed by atoms with van der Waals surface area (Å²) in [6.45, 7) is 4.47. The Kier molecular flexibility index (Phi) is 3.98. The molecule has 1 aromatic carbocycles. The fourth-order valence-corrected chi connectivity index (χ4v) is 3.79. The summed E-state index contributed by atoms with van der Waals surface area (Å²) in [6, 6.07) is 12.9. The number of rotatable bonds is 2. The summed E-state index contributed by atoms with van der Waals surface area (Å²) in [6.07, 6.45) is 9.46. The van der Waals surface area contributed by atoms with Gasteiger partial charge in [0.15, 0.2) is 0 Å². The van der Waals surface area contributed by atoms with Crippen LogP contribution in [0.3, 0.4) is 0 Å². The van der Waals surface area contributed by atoms with Crippen molar-refractivity contribution in [2.45, 2.75) is 23.7 Å². The van der Waals surface area contributed by atoms with E-state index in [9.17, 15) is 0 Å². The van der Waals surface area contributed by atoms with Crippen molar-refractivity contribution in [2.24, 2.45) is 0 Å². The summed E-state index contributed by atoms with van der Waals surface area (Å²) in [4.78, 5) is 4.21. The molecule has 21 heavy (non-hydrogen) atoms. The van der Waals surface area contributed by atoms with Crippen LogP contribution in [0.15, 0.2) is 66.5 Å². The second-order valence-corrected chi connectivity index (χ2v) is 8.30. The van der Waals surface area contributed by atoms with Gasteiger partial charge in [0.1, 0.15) is 0 Å². The zero-order valence-electron chi connectivity index (χ0n) is 12.3. The first kappa shape index (κ1) is 14.5. The van der Waals surface area contributed by atoms with E-state index in [1.165, 1.54) is 27.8 Å². The van der Waals surface area contributed by atoms with Crippen LogP contribution in [-0.2, 0) is 0 Å². The van der Waals surface area contributed by atoms with Crippen molar-refractivity contribution in [3.05, 3.63) is 72.1 Å². The van der Waals surface area contributed by atoms with Gasteiger partial charge in [-0.25, -0.2) is 0 Å². The molecule has 0 saturated heterocycles. The maximum Gasteiger partial charge on any atom is 0.0418 e.